The van der Waals surface area contributed by atoms with E-state index in [1.54, 1.807) is 17.7 Å². The normalized spacial score (nSPS) is 25.7. The van der Waals surface area contributed by atoms with Crippen molar-refractivity contribution in [2.24, 2.45) is 5.41 Å². The summed E-state index contributed by atoms with van der Waals surface area (Å²) in [5.41, 5.74) is 6.17. The molecule has 0 aromatic heterocycles. The molecule has 6 aliphatic rings. The van der Waals surface area contributed by atoms with Crippen LogP contribution in [-0.2, 0) is 11.3 Å². The summed E-state index contributed by atoms with van der Waals surface area (Å²) in [5, 5.41) is 4.83. The number of nitrogens with one attached hydrogen (secondary N) is 1. The topological polar surface area (TPSA) is 93.3 Å². The lowest BCUT2D eigenvalue weighted by Crippen LogP contribution is -2.68. The molecule has 8 rings (SSSR count). The predicted octanol–water partition coefficient (Wildman–Crippen LogP) is 4.72. The van der Waals surface area contributed by atoms with Gasteiger partial charge in [-0.2, -0.15) is 5.01 Å². The Bertz CT molecular complexity index is 1560. The van der Waals surface area contributed by atoms with E-state index in [9.17, 15) is 19.2 Å². The van der Waals surface area contributed by atoms with Gasteiger partial charge in [0.05, 0.1) is 17.7 Å². The lowest BCUT2D eigenvalue weighted by atomic mass is 9.72. The first-order valence-electron chi connectivity index (χ1n) is 15.1. The van der Waals surface area contributed by atoms with Crippen LogP contribution in [0.15, 0.2) is 48.0 Å². The molecule has 4 fully saturated rings. The van der Waals surface area contributed by atoms with Gasteiger partial charge in [0, 0.05) is 49.7 Å². The first kappa shape index (κ1) is 28.3. The highest BCUT2D eigenvalue weighted by atomic mass is 35.5. The van der Waals surface area contributed by atoms with Crippen LogP contribution in [0.1, 0.15) is 77.8 Å². The Morgan fingerprint density at radius 1 is 0.907 bits per heavy atom. The minimum absolute atomic E-state index is 0.00803. The summed E-state index contributed by atoms with van der Waals surface area (Å²) in [6.45, 7) is 8.35. The number of piperazine rings is 1. The summed E-state index contributed by atoms with van der Waals surface area (Å²) in [4.78, 5) is 55.2. The van der Waals surface area contributed by atoms with Crippen molar-refractivity contribution >= 4 is 40.9 Å². The van der Waals surface area contributed by atoms with Gasteiger partial charge in [0.1, 0.15) is 0 Å². The molecule has 43 heavy (non-hydrogen) atoms. The third kappa shape index (κ3) is 5.17. The molecule has 2 aromatic carbocycles. The van der Waals surface area contributed by atoms with Crippen molar-refractivity contribution < 1.29 is 19.2 Å². The molecule has 1 aliphatic carbocycles. The summed E-state index contributed by atoms with van der Waals surface area (Å²) >= 11 is 6.20. The van der Waals surface area contributed by atoms with Crippen molar-refractivity contribution in [3.63, 3.8) is 0 Å². The van der Waals surface area contributed by atoms with E-state index in [4.69, 9.17) is 11.6 Å². The maximum Gasteiger partial charge on any atom is 0.343 e. The average molecular weight is 602 g/mol. The van der Waals surface area contributed by atoms with E-state index < -0.39 is 23.8 Å². The van der Waals surface area contributed by atoms with Crippen LogP contribution in [0.25, 0.3) is 5.57 Å². The monoisotopic (exact) mass is 601 g/mol. The first-order valence-corrected chi connectivity index (χ1v) is 15.5. The van der Waals surface area contributed by atoms with E-state index in [-0.39, 0.29) is 23.9 Å². The van der Waals surface area contributed by atoms with E-state index in [1.165, 1.54) is 24.0 Å². The lowest BCUT2D eigenvalue weighted by molar-refractivity contribution is -0.122. The number of halogens is 1. The highest BCUT2D eigenvalue weighted by Gasteiger charge is 2.46. The van der Waals surface area contributed by atoms with Crippen molar-refractivity contribution in [3.8, 4) is 0 Å². The second-order valence-electron chi connectivity index (χ2n) is 13.4. The number of urea groups is 1. The van der Waals surface area contributed by atoms with Crippen LogP contribution in [-0.4, -0.2) is 81.8 Å². The average Bonchev–Trinajstić information content (AvgIpc) is 3.21. The zero-order chi connectivity index (χ0) is 30.0. The number of carbonyl (C=O) groups excluding carboxylic acids is 4. The SMILES string of the molecule is CC1(C)CCC(CN2C3CC2CN(Cc2ccc4c(c2)C(=O)N(N2CCC(=O)NC2=O)C4=O)C3)=C(c2ccc(Cl)cc2)C1. The van der Waals surface area contributed by atoms with Gasteiger partial charge in [-0.1, -0.05) is 49.2 Å². The molecule has 2 unspecified atom stereocenters. The Kier molecular flexibility index (Phi) is 6.95. The first-order chi connectivity index (χ1) is 20.6. The molecule has 5 amide bonds. The van der Waals surface area contributed by atoms with E-state index >= 15 is 0 Å². The van der Waals surface area contributed by atoms with E-state index in [0.29, 0.717) is 24.2 Å². The zero-order valence-electron chi connectivity index (χ0n) is 24.6. The second kappa shape index (κ2) is 10.6. The number of piperidine rings is 1. The van der Waals surface area contributed by atoms with Gasteiger partial charge in [-0.05, 0) is 72.1 Å². The Balaban J connectivity index is 1.02. The van der Waals surface area contributed by atoms with Gasteiger partial charge in [0.2, 0.25) is 5.91 Å². The fourth-order valence-electron chi connectivity index (χ4n) is 7.44. The zero-order valence-corrected chi connectivity index (χ0v) is 25.3. The smallest absolute Gasteiger partial charge is 0.296 e. The number of benzene rings is 2. The molecule has 1 N–H and O–H groups in total. The molecular weight excluding hydrogens is 566 g/mol. The third-order valence-corrected chi connectivity index (χ3v) is 10.0. The van der Waals surface area contributed by atoms with Gasteiger partial charge in [-0.25, -0.2) is 9.80 Å². The largest absolute Gasteiger partial charge is 0.343 e. The second-order valence-corrected chi connectivity index (χ2v) is 13.8. The molecule has 2 aromatic rings. The number of allylic oxidation sites excluding steroid dienone is 1. The molecular formula is C33H36ClN5O4. The predicted molar refractivity (Wildman–Crippen MR) is 162 cm³/mol. The highest BCUT2D eigenvalue weighted by Crippen LogP contribution is 2.45. The number of hydrazine groups is 1. The van der Waals surface area contributed by atoms with Crippen LogP contribution in [0.4, 0.5) is 4.79 Å². The van der Waals surface area contributed by atoms with E-state index in [2.05, 4.69) is 41.1 Å². The molecule has 0 spiro atoms. The van der Waals surface area contributed by atoms with Crippen LogP contribution >= 0.6 is 11.6 Å². The number of imide groups is 2. The number of carbonyl (C=O) groups is 4. The number of nitrogens with zero attached hydrogens (tertiary/aromatic N) is 4. The molecule has 5 aliphatic heterocycles. The number of rotatable bonds is 6. The van der Waals surface area contributed by atoms with Gasteiger partial charge >= 0.3 is 6.03 Å². The third-order valence-electron chi connectivity index (χ3n) is 9.78. The molecule has 4 saturated heterocycles. The minimum Gasteiger partial charge on any atom is -0.296 e. The van der Waals surface area contributed by atoms with Crippen molar-refractivity contribution in [2.45, 2.75) is 64.6 Å². The fraction of sp³-hybridized carbons (Fsp3) is 0.455. The number of fused-ring (bicyclic) bond motifs is 3. The number of amides is 5. The maximum atomic E-state index is 13.2. The minimum atomic E-state index is -0.754. The van der Waals surface area contributed by atoms with Gasteiger partial charge in [-0.3, -0.25) is 29.5 Å². The van der Waals surface area contributed by atoms with Crippen molar-refractivity contribution in [2.75, 3.05) is 26.2 Å². The van der Waals surface area contributed by atoms with Crippen LogP contribution in [0.3, 0.4) is 0 Å². The van der Waals surface area contributed by atoms with Crippen LogP contribution < -0.4 is 5.32 Å². The van der Waals surface area contributed by atoms with E-state index in [1.807, 2.05) is 18.2 Å². The van der Waals surface area contributed by atoms with Crippen molar-refractivity contribution in [1.82, 2.24) is 25.1 Å². The molecule has 2 bridgehead atoms. The molecule has 0 saturated carbocycles. The van der Waals surface area contributed by atoms with Crippen molar-refractivity contribution in [3.05, 3.63) is 75.3 Å². The Labute approximate surface area is 256 Å². The highest BCUT2D eigenvalue weighted by molar-refractivity contribution is 6.30. The summed E-state index contributed by atoms with van der Waals surface area (Å²) in [5.74, 6) is -1.48. The summed E-state index contributed by atoms with van der Waals surface area (Å²) in [6, 6.07) is 13.9. The van der Waals surface area contributed by atoms with Crippen LogP contribution in [0, 0.1) is 5.41 Å². The van der Waals surface area contributed by atoms with Gasteiger partial charge in [0.25, 0.3) is 11.8 Å². The Morgan fingerprint density at radius 2 is 1.63 bits per heavy atom. The summed E-state index contributed by atoms with van der Waals surface area (Å²) in [7, 11) is 0. The van der Waals surface area contributed by atoms with Gasteiger partial charge < -0.3 is 0 Å². The standard InChI is InChI=1S/C33H36ClN5O4/c1-33(2)11-9-22(28(15-33)21-4-6-23(34)7-5-21)17-37-24-14-25(37)19-36(18-24)16-20-3-8-26-27(13-20)31(42)39(30(26)41)38-12-10-29(40)35-32(38)43/h3-8,13,24-25H,9-12,14-19H2,1-2H3,(H,35,40,43). The quantitative estimate of drug-likeness (QED) is 0.482. The van der Waals surface area contributed by atoms with Crippen LogP contribution in [0.2, 0.25) is 5.02 Å². The maximum absolute atomic E-state index is 13.2. The number of hydrogen-bond acceptors (Lipinski definition) is 6. The number of hydrogen-bond donors (Lipinski definition) is 1. The van der Waals surface area contributed by atoms with Gasteiger partial charge in [0.15, 0.2) is 0 Å². The summed E-state index contributed by atoms with van der Waals surface area (Å²) < 4.78 is 0. The van der Waals surface area contributed by atoms with Crippen LogP contribution in [0.5, 0.6) is 0 Å². The molecule has 10 heteroatoms. The Hall–Kier alpha value is -3.53. The lowest BCUT2D eigenvalue weighted by Gasteiger charge is -2.57. The fourth-order valence-corrected chi connectivity index (χ4v) is 7.57. The molecule has 0 radical (unpaired) electrons. The molecule has 9 nitrogen and oxygen atoms in total. The molecule has 5 heterocycles. The van der Waals surface area contributed by atoms with E-state index in [0.717, 1.165) is 53.1 Å². The molecule has 224 valence electrons. The Morgan fingerprint density at radius 3 is 2.35 bits per heavy atom. The van der Waals surface area contributed by atoms with Crippen molar-refractivity contribution in [1.29, 1.82) is 0 Å². The summed E-state index contributed by atoms with van der Waals surface area (Å²) in [6.07, 6.45) is 4.65. The van der Waals surface area contributed by atoms with Gasteiger partial charge in [-0.15, -0.1) is 0 Å². The molecule has 2 atom stereocenters.